The van der Waals surface area contributed by atoms with Gasteiger partial charge in [0.1, 0.15) is 0 Å². The first kappa shape index (κ1) is 28.1. The molecule has 4 heterocycles. The lowest BCUT2D eigenvalue weighted by Crippen LogP contribution is -2.40. The van der Waals surface area contributed by atoms with Gasteiger partial charge in [-0.25, -0.2) is 0 Å². The SMILES string of the molecule is CC(C)N1CCC(CCC(=O)N2CCC(c3cn(-c4ccc(Cl)cc4)c4cnccc34)CC2)CC1.O=CO. The number of fused-ring (bicyclic) bond motifs is 1. The number of pyridine rings is 1. The van der Waals surface area contributed by atoms with Gasteiger partial charge in [0, 0.05) is 54.0 Å². The van der Waals surface area contributed by atoms with Crippen LogP contribution >= 0.6 is 11.6 Å². The number of carbonyl (C=O) groups excluding carboxylic acids is 1. The van der Waals surface area contributed by atoms with Crippen molar-refractivity contribution in [3.63, 3.8) is 0 Å². The third kappa shape index (κ3) is 6.75. The third-order valence-corrected chi connectivity index (χ3v) is 8.43. The van der Waals surface area contributed by atoms with E-state index in [9.17, 15) is 4.79 Å². The molecule has 0 saturated carbocycles. The van der Waals surface area contributed by atoms with Crippen molar-refractivity contribution in [3.8, 4) is 5.69 Å². The van der Waals surface area contributed by atoms with E-state index < -0.39 is 0 Å². The summed E-state index contributed by atoms with van der Waals surface area (Å²) in [6, 6.07) is 10.7. The minimum Gasteiger partial charge on any atom is -0.483 e. The van der Waals surface area contributed by atoms with Crippen molar-refractivity contribution in [2.24, 2.45) is 5.92 Å². The molecular weight excluding hydrogens is 500 g/mol. The van der Waals surface area contributed by atoms with Crippen molar-refractivity contribution in [1.82, 2.24) is 19.4 Å². The zero-order valence-corrected chi connectivity index (χ0v) is 23.2. The molecule has 8 heteroatoms. The van der Waals surface area contributed by atoms with E-state index in [-0.39, 0.29) is 6.47 Å². The van der Waals surface area contributed by atoms with Crippen LogP contribution in [0.25, 0.3) is 16.6 Å². The Morgan fingerprint density at radius 3 is 2.37 bits per heavy atom. The van der Waals surface area contributed by atoms with Gasteiger partial charge in [0.15, 0.2) is 0 Å². The van der Waals surface area contributed by atoms with Gasteiger partial charge >= 0.3 is 0 Å². The van der Waals surface area contributed by atoms with Gasteiger partial charge in [-0.3, -0.25) is 14.6 Å². The molecule has 2 saturated heterocycles. The fraction of sp³-hybridized carbons (Fsp3) is 0.500. The van der Waals surface area contributed by atoms with E-state index in [2.05, 4.69) is 45.5 Å². The highest BCUT2D eigenvalue weighted by molar-refractivity contribution is 6.30. The molecule has 0 spiro atoms. The molecule has 38 heavy (non-hydrogen) atoms. The second kappa shape index (κ2) is 13.3. The number of hydrogen-bond donors (Lipinski definition) is 1. The van der Waals surface area contributed by atoms with Gasteiger partial charge in [0.2, 0.25) is 5.91 Å². The predicted molar refractivity (Wildman–Crippen MR) is 152 cm³/mol. The number of halogens is 1. The molecule has 0 unspecified atom stereocenters. The fourth-order valence-electron chi connectivity index (χ4n) is 5.92. The van der Waals surface area contributed by atoms with Crippen molar-refractivity contribution < 1.29 is 14.7 Å². The van der Waals surface area contributed by atoms with Crippen LogP contribution in [-0.4, -0.2) is 69.1 Å². The lowest BCUT2D eigenvalue weighted by molar-refractivity contribution is -0.132. The van der Waals surface area contributed by atoms with Crippen LogP contribution in [0.4, 0.5) is 0 Å². The lowest BCUT2D eigenvalue weighted by Gasteiger charge is -2.35. The maximum atomic E-state index is 13.0. The van der Waals surface area contributed by atoms with Gasteiger partial charge in [-0.2, -0.15) is 0 Å². The molecule has 0 radical (unpaired) electrons. The van der Waals surface area contributed by atoms with Crippen molar-refractivity contribution in [2.75, 3.05) is 26.2 Å². The van der Waals surface area contributed by atoms with Crippen LogP contribution in [0.5, 0.6) is 0 Å². The van der Waals surface area contributed by atoms with Gasteiger partial charge in [-0.05, 0) is 107 Å². The summed E-state index contributed by atoms with van der Waals surface area (Å²) in [5, 5.41) is 8.88. The molecule has 1 amide bonds. The largest absolute Gasteiger partial charge is 0.483 e. The molecule has 2 aromatic heterocycles. The van der Waals surface area contributed by atoms with Crippen molar-refractivity contribution in [2.45, 2.75) is 64.3 Å². The molecule has 2 aliphatic heterocycles. The van der Waals surface area contributed by atoms with Gasteiger partial charge < -0.3 is 19.5 Å². The Balaban J connectivity index is 0.00000107. The summed E-state index contributed by atoms with van der Waals surface area (Å²) >= 11 is 6.11. The summed E-state index contributed by atoms with van der Waals surface area (Å²) in [5.74, 6) is 1.51. The summed E-state index contributed by atoms with van der Waals surface area (Å²) in [4.78, 5) is 30.4. The average molecular weight is 539 g/mol. The number of likely N-dealkylation sites (tertiary alicyclic amines) is 2. The molecule has 0 atom stereocenters. The van der Waals surface area contributed by atoms with Gasteiger partial charge in [0.05, 0.1) is 11.7 Å². The molecular formula is C30H39ClN4O3. The second-order valence-corrected chi connectivity index (χ2v) is 11.1. The molecule has 204 valence electrons. The Bertz CT molecular complexity index is 1190. The van der Waals surface area contributed by atoms with E-state index in [1.165, 1.54) is 36.9 Å². The molecule has 3 aromatic rings. The number of piperidine rings is 2. The quantitative estimate of drug-likeness (QED) is 0.390. The summed E-state index contributed by atoms with van der Waals surface area (Å²) in [6.07, 6.45) is 12.3. The molecule has 5 rings (SSSR count). The lowest BCUT2D eigenvalue weighted by atomic mass is 9.88. The Morgan fingerprint density at radius 2 is 1.74 bits per heavy atom. The van der Waals surface area contributed by atoms with E-state index in [4.69, 9.17) is 21.5 Å². The normalized spacial score (nSPS) is 17.4. The van der Waals surface area contributed by atoms with Gasteiger partial charge in [0.25, 0.3) is 6.47 Å². The van der Waals surface area contributed by atoms with Crippen LogP contribution in [-0.2, 0) is 9.59 Å². The van der Waals surface area contributed by atoms with Crippen LogP contribution in [0.1, 0.15) is 63.9 Å². The zero-order valence-electron chi connectivity index (χ0n) is 22.4. The van der Waals surface area contributed by atoms with Crippen molar-refractivity contribution in [3.05, 3.63) is 59.5 Å². The Hall–Kier alpha value is -2.90. The van der Waals surface area contributed by atoms with E-state index >= 15 is 0 Å². The number of rotatable bonds is 6. The Morgan fingerprint density at radius 1 is 1.08 bits per heavy atom. The molecule has 0 aliphatic carbocycles. The number of benzene rings is 1. The minimum atomic E-state index is -0.250. The average Bonchev–Trinajstić information content (AvgIpc) is 3.33. The number of amides is 1. The molecule has 0 bridgehead atoms. The first-order chi connectivity index (χ1) is 18.4. The predicted octanol–water partition coefficient (Wildman–Crippen LogP) is 5.99. The molecule has 2 fully saturated rings. The Labute approximate surface area is 230 Å². The van der Waals surface area contributed by atoms with Gasteiger partial charge in [-0.1, -0.05) is 11.6 Å². The minimum absolute atomic E-state index is 0.250. The third-order valence-electron chi connectivity index (χ3n) is 8.18. The monoisotopic (exact) mass is 538 g/mol. The summed E-state index contributed by atoms with van der Waals surface area (Å²) in [6.45, 7) is 8.38. The molecule has 1 N–H and O–H groups in total. The van der Waals surface area contributed by atoms with Crippen LogP contribution < -0.4 is 0 Å². The topological polar surface area (TPSA) is 78.7 Å². The standard InChI is InChI=1S/C29H37ClN4O.CH2O2/c1-21(2)32-15-10-22(11-16-32)3-8-29(35)33-17-12-23(13-18-33)27-20-34(25-6-4-24(30)5-7-25)28-19-31-14-9-26(27)28;2-1-3/h4-7,9,14,19-23H,3,8,10-13,15-18H2,1-2H3;1H,(H,2,3). The van der Waals surface area contributed by atoms with Crippen molar-refractivity contribution in [1.29, 1.82) is 0 Å². The highest BCUT2D eigenvalue weighted by atomic mass is 35.5. The van der Waals surface area contributed by atoms with Crippen LogP contribution in [0.15, 0.2) is 48.9 Å². The summed E-state index contributed by atoms with van der Waals surface area (Å²) < 4.78 is 2.22. The number of hydrogen-bond acceptors (Lipinski definition) is 4. The highest BCUT2D eigenvalue weighted by Gasteiger charge is 2.27. The Kier molecular flexibility index (Phi) is 9.80. The maximum Gasteiger partial charge on any atom is 0.290 e. The maximum absolute atomic E-state index is 13.0. The first-order valence-electron chi connectivity index (χ1n) is 13.7. The van der Waals surface area contributed by atoms with Crippen LogP contribution in [0.3, 0.4) is 0 Å². The van der Waals surface area contributed by atoms with E-state index in [0.717, 1.165) is 48.6 Å². The molecule has 1 aromatic carbocycles. The number of nitrogens with zero attached hydrogens (tertiary/aromatic N) is 4. The molecule has 2 aliphatic rings. The van der Waals surface area contributed by atoms with E-state index in [1.54, 1.807) is 0 Å². The molecule has 7 nitrogen and oxygen atoms in total. The van der Waals surface area contributed by atoms with Crippen LogP contribution in [0.2, 0.25) is 5.02 Å². The summed E-state index contributed by atoms with van der Waals surface area (Å²) in [5.41, 5.74) is 3.57. The highest BCUT2D eigenvalue weighted by Crippen LogP contribution is 2.36. The van der Waals surface area contributed by atoms with E-state index in [1.807, 2.05) is 36.7 Å². The fourth-order valence-corrected chi connectivity index (χ4v) is 6.05. The second-order valence-electron chi connectivity index (χ2n) is 10.7. The number of aromatic nitrogens is 2. The number of carbonyl (C=O) groups is 2. The summed E-state index contributed by atoms with van der Waals surface area (Å²) in [7, 11) is 0. The zero-order chi connectivity index (χ0) is 27.1. The van der Waals surface area contributed by atoms with Gasteiger partial charge in [-0.15, -0.1) is 0 Å². The van der Waals surface area contributed by atoms with E-state index in [0.29, 0.717) is 30.2 Å². The number of carboxylic acid groups (broad SMARTS) is 1. The smallest absolute Gasteiger partial charge is 0.290 e. The van der Waals surface area contributed by atoms with Crippen LogP contribution in [0, 0.1) is 5.92 Å². The first-order valence-corrected chi connectivity index (χ1v) is 14.1. The van der Waals surface area contributed by atoms with Crippen molar-refractivity contribution >= 4 is 34.9 Å².